The minimum absolute atomic E-state index is 0. The van der Waals surface area contributed by atoms with Gasteiger partial charge in [-0.1, -0.05) is 6.07 Å². The lowest BCUT2D eigenvalue weighted by atomic mass is 10.3. The van der Waals surface area contributed by atoms with E-state index >= 15 is 0 Å². The summed E-state index contributed by atoms with van der Waals surface area (Å²) < 4.78 is 5.69. The molecule has 0 aliphatic heterocycles. The molecular weight excluding hydrogens is 463 g/mol. The van der Waals surface area contributed by atoms with Crippen molar-refractivity contribution in [3.63, 3.8) is 0 Å². The van der Waals surface area contributed by atoms with Gasteiger partial charge in [0.1, 0.15) is 12.4 Å². The Labute approximate surface area is 175 Å². The second-order valence-corrected chi connectivity index (χ2v) is 6.79. The molecule has 0 unspecified atom stereocenters. The summed E-state index contributed by atoms with van der Waals surface area (Å²) in [4.78, 5) is 17.8. The summed E-state index contributed by atoms with van der Waals surface area (Å²) in [5.41, 5.74) is 0.724. The molecule has 0 fully saturated rings. The maximum Gasteiger partial charge on any atom is 0.221 e. The van der Waals surface area contributed by atoms with Gasteiger partial charge in [0.15, 0.2) is 5.96 Å². The number of nitrogens with zero attached hydrogens (tertiary/aromatic N) is 1. The largest absolute Gasteiger partial charge is 0.492 e. The van der Waals surface area contributed by atoms with Gasteiger partial charge in [0.25, 0.3) is 0 Å². The number of rotatable bonds is 7. The molecule has 3 N–H and O–H groups in total. The number of aryl methyl sites for hydroxylation is 1. The maximum absolute atomic E-state index is 11.1. The summed E-state index contributed by atoms with van der Waals surface area (Å²) in [6.45, 7) is 5.43. The first kappa shape index (κ1) is 22.2. The molecule has 0 aliphatic rings. The van der Waals surface area contributed by atoms with Crippen LogP contribution < -0.4 is 20.7 Å². The fourth-order valence-electron chi connectivity index (χ4n) is 2.18. The standard InChI is InChI=1S/C18H24N4O2S.HI/c1-13-7-8-17(25-13)12-21-18(19-3)20-9-10-24-16-6-4-5-15(11-16)22-14(2)23;/h4-8,11H,9-10,12H2,1-3H3,(H,22,23)(H2,19,20,21);1H. The van der Waals surface area contributed by atoms with Gasteiger partial charge in [-0.2, -0.15) is 0 Å². The molecule has 0 saturated heterocycles. The van der Waals surface area contributed by atoms with Crippen molar-refractivity contribution >= 4 is 52.9 Å². The van der Waals surface area contributed by atoms with Gasteiger partial charge in [-0.25, -0.2) is 0 Å². The van der Waals surface area contributed by atoms with E-state index in [-0.39, 0.29) is 29.9 Å². The molecule has 1 amide bonds. The number of thiophene rings is 1. The first-order chi connectivity index (χ1) is 12.1. The lowest BCUT2D eigenvalue weighted by Crippen LogP contribution is -2.38. The van der Waals surface area contributed by atoms with Crippen LogP contribution in [-0.4, -0.2) is 32.1 Å². The quantitative estimate of drug-likeness (QED) is 0.242. The van der Waals surface area contributed by atoms with Crippen LogP contribution in [-0.2, 0) is 11.3 Å². The minimum atomic E-state index is -0.102. The van der Waals surface area contributed by atoms with Crippen molar-refractivity contribution in [2.24, 2.45) is 4.99 Å². The van der Waals surface area contributed by atoms with Crippen molar-refractivity contribution in [2.45, 2.75) is 20.4 Å². The highest BCUT2D eigenvalue weighted by Gasteiger charge is 2.01. The number of guanidine groups is 1. The summed E-state index contributed by atoms with van der Waals surface area (Å²) in [5, 5.41) is 9.22. The van der Waals surface area contributed by atoms with Gasteiger partial charge in [0.2, 0.25) is 5.91 Å². The molecule has 0 spiro atoms. The van der Waals surface area contributed by atoms with Gasteiger partial charge in [-0.05, 0) is 31.2 Å². The van der Waals surface area contributed by atoms with Crippen LogP contribution >= 0.6 is 35.3 Å². The molecule has 0 saturated carbocycles. The Kier molecular flexibility index (Phi) is 10.0. The topological polar surface area (TPSA) is 74.8 Å². The van der Waals surface area contributed by atoms with E-state index in [0.717, 1.165) is 18.2 Å². The Bertz CT molecular complexity index is 733. The Balaban J connectivity index is 0.00000338. The van der Waals surface area contributed by atoms with E-state index in [9.17, 15) is 4.79 Å². The fourth-order valence-corrected chi connectivity index (χ4v) is 3.01. The highest BCUT2D eigenvalue weighted by Crippen LogP contribution is 2.17. The van der Waals surface area contributed by atoms with Crippen molar-refractivity contribution in [3.8, 4) is 5.75 Å². The van der Waals surface area contributed by atoms with E-state index in [1.807, 2.05) is 18.2 Å². The zero-order valence-electron chi connectivity index (χ0n) is 15.2. The lowest BCUT2D eigenvalue weighted by Gasteiger charge is -2.12. The monoisotopic (exact) mass is 488 g/mol. The summed E-state index contributed by atoms with van der Waals surface area (Å²) in [5.74, 6) is 1.35. The third-order valence-electron chi connectivity index (χ3n) is 3.27. The fraction of sp³-hybridized carbons (Fsp3) is 0.333. The van der Waals surface area contributed by atoms with Crippen molar-refractivity contribution in [2.75, 3.05) is 25.5 Å². The Morgan fingerprint density at radius 3 is 2.69 bits per heavy atom. The Hall–Kier alpha value is -1.81. The van der Waals surface area contributed by atoms with Gasteiger partial charge >= 0.3 is 0 Å². The third kappa shape index (κ3) is 8.05. The smallest absolute Gasteiger partial charge is 0.221 e. The number of carbonyl (C=O) groups excluding carboxylic acids is 1. The lowest BCUT2D eigenvalue weighted by molar-refractivity contribution is -0.114. The molecule has 8 heteroatoms. The number of anilines is 1. The van der Waals surface area contributed by atoms with Crippen LogP contribution in [0.25, 0.3) is 0 Å². The molecule has 0 bridgehead atoms. The van der Waals surface area contributed by atoms with Crippen LogP contribution in [0.2, 0.25) is 0 Å². The zero-order valence-corrected chi connectivity index (χ0v) is 18.3. The molecule has 1 heterocycles. The third-order valence-corrected chi connectivity index (χ3v) is 4.27. The summed E-state index contributed by atoms with van der Waals surface area (Å²) in [7, 11) is 1.74. The summed E-state index contributed by atoms with van der Waals surface area (Å²) in [6, 6.07) is 11.6. The van der Waals surface area contributed by atoms with Gasteiger partial charge in [-0.3, -0.25) is 9.79 Å². The molecule has 0 aliphatic carbocycles. The van der Waals surface area contributed by atoms with Crippen LogP contribution in [0.4, 0.5) is 5.69 Å². The zero-order chi connectivity index (χ0) is 18.1. The second-order valence-electron chi connectivity index (χ2n) is 5.42. The van der Waals surface area contributed by atoms with Crippen LogP contribution in [0.1, 0.15) is 16.7 Å². The van der Waals surface area contributed by atoms with Crippen molar-refractivity contribution in [3.05, 3.63) is 46.2 Å². The average molecular weight is 488 g/mol. The van der Waals surface area contributed by atoms with E-state index in [1.54, 1.807) is 24.5 Å². The number of ether oxygens (including phenoxy) is 1. The normalized spacial score (nSPS) is 10.7. The number of carbonyl (C=O) groups is 1. The maximum atomic E-state index is 11.1. The van der Waals surface area contributed by atoms with E-state index < -0.39 is 0 Å². The molecule has 2 aromatic rings. The Morgan fingerprint density at radius 2 is 2.04 bits per heavy atom. The summed E-state index contributed by atoms with van der Waals surface area (Å²) in [6.07, 6.45) is 0. The molecule has 2 rings (SSSR count). The van der Waals surface area contributed by atoms with E-state index in [1.165, 1.54) is 16.7 Å². The predicted molar refractivity (Wildman–Crippen MR) is 119 cm³/mol. The van der Waals surface area contributed by atoms with Crippen LogP contribution in [0, 0.1) is 6.92 Å². The van der Waals surface area contributed by atoms with Crippen LogP contribution in [0.5, 0.6) is 5.75 Å². The minimum Gasteiger partial charge on any atom is -0.492 e. The number of hydrogen-bond donors (Lipinski definition) is 3. The second kappa shape index (κ2) is 11.7. The number of nitrogens with one attached hydrogen (secondary N) is 3. The van der Waals surface area contributed by atoms with Crippen LogP contribution in [0.3, 0.4) is 0 Å². The number of halogens is 1. The molecule has 0 atom stereocenters. The number of amides is 1. The highest BCUT2D eigenvalue weighted by molar-refractivity contribution is 14.0. The van der Waals surface area contributed by atoms with Crippen molar-refractivity contribution in [1.29, 1.82) is 0 Å². The van der Waals surface area contributed by atoms with Gasteiger partial charge in [0, 0.05) is 35.5 Å². The molecule has 0 radical (unpaired) electrons. The van der Waals surface area contributed by atoms with Crippen molar-refractivity contribution < 1.29 is 9.53 Å². The van der Waals surface area contributed by atoms with Gasteiger partial charge in [0.05, 0.1) is 13.1 Å². The number of hydrogen-bond acceptors (Lipinski definition) is 4. The predicted octanol–water partition coefficient (Wildman–Crippen LogP) is 3.38. The average Bonchev–Trinajstić information content (AvgIpc) is 2.99. The number of benzene rings is 1. The van der Waals surface area contributed by atoms with E-state index in [4.69, 9.17) is 4.74 Å². The highest BCUT2D eigenvalue weighted by atomic mass is 127. The van der Waals surface area contributed by atoms with Crippen LogP contribution in [0.15, 0.2) is 41.4 Å². The van der Waals surface area contributed by atoms with Gasteiger partial charge < -0.3 is 20.7 Å². The molecule has 6 nitrogen and oxygen atoms in total. The molecule has 26 heavy (non-hydrogen) atoms. The summed E-state index contributed by atoms with van der Waals surface area (Å²) >= 11 is 1.77. The molecule has 142 valence electrons. The molecular formula is C18H25IN4O2S. The first-order valence-electron chi connectivity index (χ1n) is 8.07. The molecule has 1 aromatic carbocycles. The SMILES string of the molecule is CN=C(NCCOc1cccc(NC(C)=O)c1)NCc1ccc(C)s1.I. The molecule has 1 aromatic heterocycles. The Morgan fingerprint density at radius 1 is 1.23 bits per heavy atom. The van der Waals surface area contributed by atoms with E-state index in [2.05, 4.69) is 40.0 Å². The van der Waals surface area contributed by atoms with Crippen molar-refractivity contribution in [1.82, 2.24) is 10.6 Å². The number of aliphatic imine (C=N–C) groups is 1. The van der Waals surface area contributed by atoms with Gasteiger partial charge in [-0.15, -0.1) is 35.3 Å². The van der Waals surface area contributed by atoms with E-state index in [0.29, 0.717) is 18.9 Å². The first-order valence-corrected chi connectivity index (χ1v) is 8.89.